The minimum Gasteiger partial charge on any atom is -0.383 e. The first-order chi connectivity index (χ1) is 9.08. The third kappa shape index (κ3) is 1.73. The molecule has 0 aliphatic heterocycles. The fourth-order valence-electron chi connectivity index (χ4n) is 3.33. The predicted octanol–water partition coefficient (Wildman–Crippen LogP) is 3.21. The van der Waals surface area contributed by atoms with Crippen LogP contribution in [0.2, 0.25) is 0 Å². The molecule has 4 heteroatoms. The van der Waals surface area contributed by atoms with E-state index in [9.17, 15) is 0 Å². The average Bonchev–Trinajstić information content (AvgIpc) is 2.59. The summed E-state index contributed by atoms with van der Waals surface area (Å²) in [6, 6.07) is 0. The Bertz CT molecular complexity index is 617. The van der Waals surface area contributed by atoms with Crippen LogP contribution in [0.4, 0.5) is 5.82 Å². The first-order valence-electron chi connectivity index (χ1n) is 7.14. The van der Waals surface area contributed by atoms with E-state index < -0.39 is 0 Å². The fourth-order valence-corrected chi connectivity index (χ4v) is 3.33. The highest BCUT2D eigenvalue weighted by molar-refractivity contribution is 5.90. The Labute approximate surface area is 114 Å². The number of anilines is 1. The number of hydrogen-bond donors (Lipinski definition) is 1. The molecule has 4 nitrogen and oxygen atoms in total. The molecule has 1 fully saturated rings. The molecule has 0 spiro atoms. The molecule has 0 aromatic carbocycles. The lowest BCUT2D eigenvalue weighted by molar-refractivity contribution is 0.101. The Hall–Kier alpha value is -1.58. The van der Waals surface area contributed by atoms with Gasteiger partial charge in [0.05, 0.1) is 5.39 Å². The van der Waals surface area contributed by atoms with Crippen LogP contribution in [-0.2, 0) is 6.54 Å². The van der Waals surface area contributed by atoms with Crippen molar-refractivity contribution in [2.75, 3.05) is 5.73 Å². The Morgan fingerprint density at radius 2 is 2.05 bits per heavy atom. The summed E-state index contributed by atoms with van der Waals surface area (Å²) < 4.78 is 2.35. The molecule has 102 valence electrons. The van der Waals surface area contributed by atoms with E-state index in [2.05, 4.69) is 35.3 Å². The molecule has 0 saturated heterocycles. The van der Waals surface area contributed by atoms with Gasteiger partial charge in [0.1, 0.15) is 17.8 Å². The summed E-state index contributed by atoms with van der Waals surface area (Å²) in [5, 5.41) is 1.03. The van der Waals surface area contributed by atoms with Crippen LogP contribution in [0.5, 0.6) is 0 Å². The molecule has 1 aliphatic carbocycles. The number of aromatic nitrogens is 3. The number of nitrogens with two attached hydrogens (primary N) is 1. The van der Waals surface area contributed by atoms with E-state index in [-0.39, 0.29) is 0 Å². The summed E-state index contributed by atoms with van der Waals surface area (Å²) in [5.74, 6) is 0.600. The van der Waals surface area contributed by atoms with E-state index in [1.54, 1.807) is 6.33 Å². The second-order valence-corrected chi connectivity index (χ2v) is 5.96. The zero-order chi connectivity index (χ0) is 13.6. The van der Waals surface area contributed by atoms with Gasteiger partial charge in [0, 0.05) is 12.2 Å². The molecular formula is C15H22N4. The highest BCUT2D eigenvalue weighted by atomic mass is 15.1. The third-order valence-corrected chi connectivity index (χ3v) is 5.09. The van der Waals surface area contributed by atoms with Crippen LogP contribution in [0.15, 0.2) is 6.33 Å². The molecule has 0 radical (unpaired) electrons. The maximum atomic E-state index is 6.02. The van der Waals surface area contributed by atoms with Gasteiger partial charge in [-0.1, -0.05) is 13.3 Å². The summed E-state index contributed by atoms with van der Waals surface area (Å²) in [6.07, 6.45) is 6.85. The molecule has 2 N–H and O–H groups in total. The van der Waals surface area contributed by atoms with Gasteiger partial charge in [0.2, 0.25) is 0 Å². The van der Waals surface area contributed by atoms with Crippen LogP contribution in [0, 0.1) is 19.3 Å². The molecule has 2 aromatic rings. The Balaban J connectivity index is 2.13. The van der Waals surface area contributed by atoms with Gasteiger partial charge in [-0.25, -0.2) is 9.97 Å². The van der Waals surface area contributed by atoms with E-state index in [0.29, 0.717) is 11.2 Å². The zero-order valence-electron chi connectivity index (χ0n) is 12.0. The number of nitrogens with zero attached hydrogens (tertiary/aromatic N) is 3. The largest absolute Gasteiger partial charge is 0.383 e. The van der Waals surface area contributed by atoms with Crippen LogP contribution in [0.25, 0.3) is 11.0 Å². The first kappa shape index (κ1) is 12.5. The summed E-state index contributed by atoms with van der Waals surface area (Å²) in [7, 11) is 0. The summed E-state index contributed by atoms with van der Waals surface area (Å²) in [4.78, 5) is 8.60. The van der Waals surface area contributed by atoms with E-state index in [1.165, 1.54) is 36.9 Å². The van der Waals surface area contributed by atoms with E-state index in [1.807, 2.05) is 0 Å². The van der Waals surface area contributed by atoms with Crippen LogP contribution in [0.3, 0.4) is 0 Å². The molecule has 0 unspecified atom stereocenters. The lowest BCUT2D eigenvalue weighted by Crippen LogP contribution is -2.33. The van der Waals surface area contributed by atoms with Gasteiger partial charge in [-0.05, 0) is 44.1 Å². The second kappa shape index (κ2) is 4.22. The minimum absolute atomic E-state index is 0.475. The SMILES string of the molecule is CCC1(Cn2c(C)c(C)c3c(N)ncnc32)CCC1. The Morgan fingerprint density at radius 1 is 1.32 bits per heavy atom. The predicted molar refractivity (Wildman–Crippen MR) is 78.0 cm³/mol. The van der Waals surface area contributed by atoms with Crippen molar-refractivity contribution in [1.29, 1.82) is 0 Å². The molecule has 3 rings (SSSR count). The van der Waals surface area contributed by atoms with Crippen LogP contribution < -0.4 is 5.73 Å². The van der Waals surface area contributed by atoms with Crippen molar-refractivity contribution in [3.63, 3.8) is 0 Å². The molecule has 0 amide bonds. The van der Waals surface area contributed by atoms with Crippen LogP contribution >= 0.6 is 0 Å². The van der Waals surface area contributed by atoms with Gasteiger partial charge < -0.3 is 10.3 Å². The van der Waals surface area contributed by atoms with Crippen molar-refractivity contribution in [3.05, 3.63) is 17.6 Å². The summed E-state index contributed by atoms with van der Waals surface area (Å²) in [5.41, 5.74) is 10.00. The van der Waals surface area contributed by atoms with Gasteiger partial charge in [-0.3, -0.25) is 0 Å². The van der Waals surface area contributed by atoms with Gasteiger partial charge in [-0.15, -0.1) is 0 Å². The Morgan fingerprint density at radius 3 is 2.63 bits per heavy atom. The van der Waals surface area contributed by atoms with Gasteiger partial charge in [0.25, 0.3) is 0 Å². The number of aryl methyl sites for hydroxylation is 1. The van der Waals surface area contributed by atoms with Gasteiger partial charge >= 0.3 is 0 Å². The smallest absolute Gasteiger partial charge is 0.145 e. The van der Waals surface area contributed by atoms with Crippen LogP contribution in [0.1, 0.15) is 43.9 Å². The maximum Gasteiger partial charge on any atom is 0.145 e. The van der Waals surface area contributed by atoms with Crippen molar-refractivity contribution >= 4 is 16.9 Å². The topological polar surface area (TPSA) is 56.7 Å². The standard InChI is InChI=1S/C15H22N4/c1-4-15(6-5-7-15)8-19-11(3)10(2)12-13(16)17-9-18-14(12)19/h9H,4-8H2,1-3H3,(H2,16,17,18). The highest BCUT2D eigenvalue weighted by Gasteiger charge is 2.36. The zero-order valence-corrected chi connectivity index (χ0v) is 12.0. The van der Waals surface area contributed by atoms with E-state index in [0.717, 1.165) is 17.6 Å². The number of fused-ring (bicyclic) bond motifs is 1. The average molecular weight is 258 g/mol. The van der Waals surface area contributed by atoms with E-state index in [4.69, 9.17) is 5.73 Å². The van der Waals surface area contributed by atoms with Crippen molar-refractivity contribution in [1.82, 2.24) is 14.5 Å². The first-order valence-corrected chi connectivity index (χ1v) is 7.14. The summed E-state index contributed by atoms with van der Waals surface area (Å²) >= 11 is 0. The molecular weight excluding hydrogens is 236 g/mol. The lowest BCUT2D eigenvalue weighted by Gasteiger charge is -2.42. The lowest BCUT2D eigenvalue weighted by atomic mass is 9.67. The van der Waals surface area contributed by atoms with Crippen molar-refractivity contribution in [2.24, 2.45) is 5.41 Å². The molecule has 2 heterocycles. The van der Waals surface area contributed by atoms with Crippen LogP contribution in [-0.4, -0.2) is 14.5 Å². The van der Waals surface area contributed by atoms with Crippen molar-refractivity contribution < 1.29 is 0 Å². The second-order valence-electron chi connectivity index (χ2n) is 5.96. The number of nitrogen functional groups attached to an aromatic ring is 1. The Kier molecular flexibility index (Phi) is 2.77. The minimum atomic E-state index is 0.475. The molecule has 0 atom stereocenters. The van der Waals surface area contributed by atoms with E-state index >= 15 is 0 Å². The highest BCUT2D eigenvalue weighted by Crippen LogP contribution is 2.46. The number of rotatable bonds is 3. The molecule has 1 saturated carbocycles. The molecule has 0 bridgehead atoms. The normalized spacial score (nSPS) is 17.6. The van der Waals surface area contributed by atoms with Gasteiger partial charge in [0.15, 0.2) is 0 Å². The molecule has 19 heavy (non-hydrogen) atoms. The quantitative estimate of drug-likeness (QED) is 0.919. The van der Waals surface area contributed by atoms with Gasteiger partial charge in [-0.2, -0.15) is 0 Å². The fraction of sp³-hybridized carbons (Fsp3) is 0.600. The summed E-state index contributed by atoms with van der Waals surface area (Å²) in [6.45, 7) is 7.65. The third-order valence-electron chi connectivity index (χ3n) is 5.09. The monoisotopic (exact) mass is 258 g/mol. The molecule has 2 aromatic heterocycles. The van der Waals surface area contributed by atoms with Crippen molar-refractivity contribution in [2.45, 2.75) is 53.0 Å². The number of hydrogen-bond acceptors (Lipinski definition) is 3. The van der Waals surface area contributed by atoms with Crippen molar-refractivity contribution in [3.8, 4) is 0 Å². The maximum absolute atomic E-state index is 6.02. The molecule has 1 aliphatic rings.